The third-order valence-corrected chi connectivity index (χ3v) is 3.41. The van der Waals surface area contributed by atoms with Crippen molar-refractivity contribution in [2.75, 3.05) is 7.05 Å². The van der Waals surface area contributed by atoms with E-state index in [1.165, 1.54) is 19.3 Å². The summed E-state index contributed by atoms with van der Waals surface area (Å²) in [6.45, 7) is 5.90. The van der Waals surface area contributed by atoms with Crippen molar-refractivity contribution in [1.29, 1.82) is 0 Å². The molecule has 14 heavy (non-hydrogen) atoms. The first-order chi connectivity index (χ1) is 6.47. The van der Waals surface area contributed by atoms with Gasteiger partial charge < -0.3 is 10.6 Å². The summed E-state index contributed by atoms with van der Waals surface area (Å²) in [4.78, 5) is 11.8. The van der Waals surface area contributed by atoms with Crippen LogP contribution in [-0.4, -0.2) is 24.5 Å². The van der Waals surface area contributed by atoms with Crippen LogP contribution in [0.1, 0.15) is 40.0 Å². The summed E-state index contributed by atoms with van der Waals surface area (Å²) in [6, 6.07) is 0.323. The zero-order valence-corrected chi connectivity index (χ0v) is 9.68. The molecule has 0 saturated heterocycles. The van der Waals surface area contributed by atoms with Crippen LogP contribution in [0.15, 0.2) is 0 Å². The highest BCUT2D eigenvalue weighted by atomic mass is 16.2. The smallest absolute Gasteiger partial charge is 0.239 e. The number of carbonyl (C=O) groups is 1. The molecule has 1 aliphatic rings. The summed E-state index contributed by atoms with van der Waals surface area (Å²) in [6.07, 6.45) is 3.85. The van der Waals surface area contributed by atoms with Crippen LogP contribution in [0.25, 0.3) is 0 Å². The summed E-state index contributed by atoms with van der Waals surface area (Å²) < 4.78 is 0. The molecular formula is C11H22N2O. The Morgan fingerprint density at radius 2 is 2.00 bits per heavy atom. The van der Waals surface area contributed by atoms with E-state index in [1.807, 2.05) is 20.9 Å². The molecule has 1 atom stereocenters. The Morgan fingerprint density at radius 1 is 1.43 bits per heavy atom. The first kappa shape index (κ1) is 11.5. The fourth-order valence-electron chi connectivity index (χ4n) is 1.56. The van der Waals surface area contributed by atoms with Gasteiger partial charge in [-0.2, -0.15) is 0 Å². The van der Waals surface area contributed by atoms with E-state index in [-0.39, 0.29) is 5.91 Å². The highest BCUT2D eigenvalue weighted by Gasteiger charge is 2.30. The largest absolute Gasteiger partial charge is 0.352 e. The third-order valence-electron chi connectivity index (χ3n) is 3.41. The molecule has 3 heteroatoms. The van der Waals surface area contributed by atoms with Gasteiger partial charge in [-0.3, -0.25) is 4.79 Å². The first-order valence-corrected chi connectivity index (χ1v) is 5.47. The molecule has 0 radical (unpaired) electrons. The second kappa shape index (κ2) is 4.30. The van der Waals surface area contributed by atoms with E-state index in [0.717, 1.165) is 0 Å². The lowest BCUT2D eigenvalue weighted by atomic mass is 9.80. The van der Waals surface area contributed by atoms with Gasteiger partial charge in [-0.05, 0) is 46.6 Å². The minimum Gasteiger partial charge on any atom is -0.352 e. The molecule has 1 amide bonds. The van der Waals surface area contributed by atoms with Crippen LogP contribution < -0.4 is 10.6 Å². The summed E-state index contributed by atoms with van der Waals surface area (Å²) in [5.74, 6) is 0.797. The van der Waals surface area contributed by atoms with Gasteiger partial charge in [-0.15, -0.1) is 0 Å². The SMILES string of the molecule is CNC(C)(C)C(=O)NC(C)C1CCC1. The number of amides is 1. The Bertz CT molecular complexity index is 209. The minimum absolute atomic E-state index is 0.0967. The second-order valence-electron chi connectivity index (χ2n) is 4.83. The van der Waals surface area contributed by atoms with Crippen molar-refractivity contribution < 1.29 is 4.79 Å². The molecule has 0 aromatic heterocycles. The van der Waals surface area contributed by atoms with E-state index in [4.69, 9.17) is 0 Å². The van der Waals surface area contributed by atoms with Gasteiger partial charge in [0.05, 0.1) is 5.54 Å². The molecule has 1 saturated carbocycles. The number of likely N-dealkylation sites (N-methyl/N-ethyl adjacent to an activating group) is 1. The molecule has 0 heterocycles. The predicted molar refractivity (Wildman–Crippen MR) is 58.1 cm³/mol. The van der Waals surface area contributed by atoms with Crippen molar-refractivity contribution in [2.24, 2.45) is 5.92 Å². The average Bonchev–Trinajstić information content (AvgIpc) is 2.00. The molecule has 1 rings (SSSR count). The van der Waals surface area contributed by atoms with Gasteiger partial charge in [-0.1, -0.05) is 6.42 Å². The lowest BCUT2D eigenvalue weighted by Gasteiger charge is -2.34. The molecule has 1 fully saturated rings. The zero-order chi connectivity index (χ0) is 10.8. The van der Waals surface area contributed by atoms with Crippen molar-refractivity contribution >= 4 is 5.91 Å². The van der Waals surface area contributed by atoms with Crippen molar-refractivity contribution in [3.63, 3.8) is 0 Å². The normalized spacial score (nSPS) is 20.0. The maximum atomic E-state index is 11.8. The van der Waals surface area contributed by atoms with Crippen molar-refractivity contribution in [3.05, 3.63) is 0 Å². The first-order valence-electron chi connectivity index (χ1n) is 5.47. The van der Waals surface area contributed by atoms with E-state index in [1.54, 1.807) is 0 Å². The Kier molecular flexibility index (Phi) is 3.53. The molecular weight excluding hydrogens is 176 g/mol. The van der Waals surface area contributed by atoms with Crippen LogP contribution in [0.4, 0.5) is 0 Å². The predicted octanol–water partition coefficient (Wildman–Crippen LogP) is 1.29. The van der Waals surface area contributed by atoms with E-state index >= 15 is 0 Å². The highest BCUT2D eigenvalue weighted by molar-refractivity contribution is 5.85. The topological polar surface area (TPSA) is 41.1 Å². The van der Waals surface area contributed by atoms with Gasteiger partial charge in [0.15, 0.2) is 0 Å². The number of carbonyl (C=O) groups excluding carboxylic acids is 1. The highest BCUT2D eigenvalue weighted by Crippen LogP contribution is 2.29. The zero-order valence-electron chi connectivity index (χ0n) is 9.68. The van der Waals surface area contributed by atoms with Crippen LogP contribution in [0, 0.1) is 5.92 Å². The van der Waals surface area contributed by atoms with E-state index in [2.05, 4.69) is 17.6 Å². The van der Waals surface area contributed by atoms with Crippen LogP contribution in [-0.2, 0) is 4.79 Å². The summed E-state index contributed by atoms with van der Waals surface area (Å²) in [5, 5.41) is 6.08. The quantitative estimate of drug-likeness (QED) is 0.714. The molecule has 3 nitrogen and oxygen atoms in total. The number of hydrogen-bond donors (Lipinski definition) is 2. The van der Waals surface area contributed by atoms with Gasteiger partial charge in [0, 0.05) is 6.04 Å². The number of hydrogen-bond acceptors (Lipinski definition) is 2. The van der Waals surface area contributed by atoms with Gasteiger partial charge in [0.1, 0.15) is 0 Å². The molecule has 82 valence electrons. The summed E-state index contributed by atoms with van der Waals surface area (Å²) in [5.41, 5.74) is -0.460. The fraction of sp³-hybridized carbons (Fsp3) is 0.909. The maximum Gasteiger partial charge on any atom is 0.239 e. The summed E-state index contributed by atoms with van der Waals surface area (Å²) in [7, 11) is 1.81. The van der Waals surface area contributed by atoms with Crippen molar-refractivity contribution in [1.82, 2.24) is 10.6 Å². The molecule has 0 spiro atoms. The Hall–Kier alpha value is -0.570. The Balaban J connectivity index is 2.39. The van der Waals surface area contributed by atoms with Gasteiger partial charge in [-0.25, -0.2) is 0 Å². The van der Waals surface area contributed by atoms with Gasteiger partial charge >= 0.3 is 0 Å². The van der Waals surface area contributed by atoms with Crippen molar-refractivity contribution in [2.45, 2.75) is 51.6 Å². The molecule has 0 aliphatic heterocycles. The summed E-state index contributed by atoms with van der Waals surface area (Å²) >= 11 is 0. The van der Waals surface area contributed by atoms with E-state index in [9.17, 15) is 4.79 Å². The Labute approximate surface area is 86.6 Å². The molecule has 1 unspecified atom stereocenters. The standard InChI is InChI=1S/C11H22N2O/c1-8(9-6-5-7-9)13-10(14)11(2,3)12-4/h8-9,12H,5-7H2,1-4H3,(H,13,14). The Morgan fingerprint density at radius 3 is 2.36 bits per heavy atom. The molecule has 0 aromatic rings. The fourth-order valence-corrected chi connectivity index (χ4v) is 1.56. The lowest BCUT2D eigenvalue weighted by Crippen LogP contribution is -2.54. The van der Waals surface area contributed by atoms with Crippen molar-refractivity contribution in [3.8, 4) is 0 Å². The van der Waals surface area contributed by atoms with Crippen LogP contribution >= 0.6 is 0 Å². The molecule has 2 N–H and O–H groups in total. The van der Waals surface area contributed by atoms with Crippen LogP contribution in [0.2, 0.25) is 0 Å². The number of rotatable bonds is 4. The average molecular weight is 198 g/mol. The monoisotopic (exact) mass is 198 g/mol. The maximum absolute atomic E-state index is 11.8. The second-order valence-corrected chi connectivity index (χ2v) is 4.83. The van der Waals surface area contributed by atoms with Gasteiger partial charge in [0.25, 0.3) is 0 Å². The lowest BCUT2D eigenvalue weighted by molar-refractivity contribution is -0.127. The molecule has 0 bridgehead atoms. The molecule has 0 aromatic carbocycles. The van der Waals surface area contributed by atoms with Gasteiger partial charge in [0.2, 0.25) is 5.91 Å². The van der Waals surface area contributed by atoms with E-state index in [0.29, 0.717) is 12.0 Å². The number of nitrogens with one attached hydrogen (secondary N) is 2. The minimum atomic E-state index is -0.460. The van der Waals surface area contributed by atoms with E-state index < -0.39 is 5.54 Å². The van der Waals surface area contributed by atoms with Crippen LogP contribution in [0.5, 0.6) is 0 Å². The third kappa shape index (κ3) is 2.47. The van der Waals surface area contributed by atoms with Crippen LogP contribution in [0.3, 0.4) is 0 Å². The molecule has 1 aliphatic carbocycles.